The predicted octanol–water partition coefficient (Wildman–Crippen LogP) is -14.4. The van der Waals surface area contributed by atoms with Crippen LogP contribution < -0.4 is 85.1 Å². The van der Waals surface area contributed by atoms with Crippen molar-refractivity contribution in [3.8, 4) is 0 Å². The molecular formula is C66H120N20O24S4. The zero-order valence-corrected chi connectivity index (χ0v) is 67.7. The van der Waals surface area contributed by atoms with Crippen molar-refractivity contribution in [2.24, 2.45) is 0 Å². The average molecular weight is 1710 g/mol. The highest BCUT2D eigenvalue weighted by molar-refractivity contribution is 7.80. The smallest absolute Gasteiger partial charge is 0.221 e. The summed E-state index contributed by atoms with van der Waals surface area (Å²) in [6.45, 7) is 8.38. The highest BCUT2D eigenvalue weighted by Crippen LogP contribution is 2.24. The number of hydrogen-bond acceptors (Lipinski definition) is 32. The molecule has 0 aromatic carbocycles. The summed E-state index contributed by atoms with van der Waals surface area (Å²) in [5, 5.41) is 168. The molecule has 0 radical (unpaired) electrons. The van der Waals surface area contributed by atoms with Crippen LogP contribution in [0.15, 0.2) is 0 Å². The van der Waals surface area contributed by atoms with E-state index in [0.29, 0.717) is 91.4 Å². The van der Waals surface area contributed by atoms with Crippen molar-refractivity contribution < 1.29 is 119 Å². The molecule has 48 heteroatoms. The second-order valence-corrected chi connectivity index (χ2v) is 29.6. The van der Waals surface area contributed by atoms with Gasteiger partial charge in [-0.1, -0.05) is 0 Å². The minimum absolute atomic E-state index is 0.0262. The maximum atomic E-state index is 13.6. The van der Waals surface area contributed by atoms with Crippen LogP contribution in [0.25, 0.3) is 0 Å². The molecule has 0 aliphatic carbocycles. The lowest BCUT2D eigenvalue weighted by Crippen LogP contribution is -2.68. The van der Waals surface area contributed by atoms with Crippen LogP contribution >= 0.6 is 48.9 Å². The van der Waals surface area contributed by atoms with Gasteiger partial charge in [0, 0.05) is 158 Å². The second-order valence-electron chi connectivity index (χ2n) is 28.0. The number of rotatable bonds is 36. The number of ether oxygens (including phenoxy) is 4. The monoisotopic (exact) mass is 1700 g/mol. The third kappa shape index (κ3) is 34.3. The lowest BCUT2D eigenvalue weighted by atomic mass is 9.96. The topological polar surface area (TPSA) is 622 Å². The van der Waals surface area contributed by atoms with Gasteiger partial charge in [-0.15, -0.1) is 0 Å². The summed E-state index contributed by atoms with van der Waals surface area (Å²) in [6, 6.07) is -4.56. The largest absolute Gasteiger partial charge is 0.394 e. The number of thiocarbonyl (C=S) groups is 4. The van der Waals surface area contributed by atoms with Gasteiger partial charge >= 0.3 is 0 Å². The molecule has 0 spiro atoms. The fourth-order valence-electron chi connectivity index (χ4n) is 13.1. The Balaban J connectivity index is 1.25. The van der Waals surface area contributed by atoms with E-state index in [0.717, 1.165) is 0 Å². The van der Waals surface area contributed by atoms with E-state index >= 15 is 0 Å². The molecule has 5 aliphatic rings. The van der Waals surface area contributed by atoms with Gasteiger partial charge in [-0.3, -0.25) is 38.4 Å². The molecule has 0 bridgehead atoms. The average Bonchev–Trinajstić information content (AvgIpc) is 0.820. The number of carbonyl (C=O) groups is 8. The Bertz CT molecular complexity index is 2690. The molecule has 44 nitrogen and oxygen atoms in total. The van der Waals surface area contributed by atoms with Crippen LogP contribution in [0.4, 0.5) is 0 Å². The quantitative estimate of drug-likeness (QED) is 0.0205. The van der Waals surface area contributed by atoms with Crippen LogP contribution in [0.5, 0.6) is 0 Å². The van der Waals surface area contributed by atoms with Crippen molar-refractivity contribution in [3.05, 3.63) is 0 Å². The Hall–Kier alpha value is -6.28. The van der Waals surface area contributed by atoms with Crippen LogP contribution in [-0.4, -0.2) is 428 Å². The summed E-state index contributed by atoms with van der Waals surface area (Å²) in [7, 11) is 0. The van der Waals surface area contributed by atoms with Gasteiger partial charge in [0.25, 0.3) is 0 Å². The number of nitrogens with zero attached hydrogens (tertiary/aromatic N) is 4. The molecule has 0 aromatic heterocycles. The lowest BCUT2D eigenvalue weighted by Gasteiger charge is -2.43. The molecule has 114 heavy (non-hydrogen) atoms. The fraction of sp³-hybridized carbons (Fsp3) is 0.818. The zero-order valence-electron chi connectivity index (χ0n) is 64.4. The Morgan fingerprint density at radius 1 is 0.289 bits per heavy atom. The molecule has 0 unspecified atom stereocenters. The van der Waals surface area contributed by atoms with Gasteiger partial charge in [-0.25, -0.2) is 0 Å². The molecule has 5 fully saturated rings. The molecule has 5 saturated heterocycles. The zero-order chi connectivity index (χ0) is 84.1. The second kappa shape index (κ2) is 51.8. The number of amides is 8. The highest BCUT2D eigenvalue weighted by Gasteiger charge is 2.49. The summed E-state index contributed by atoms with van der Waals surface area (Å²) >= 11 is 21.8. The SMILES string of the molecule is CC(=O)N[C@@H]1[C@@H](O)[C@H](O)[C@@H](CO)O[C@H]1NC(=S)NCCNC(=O)CCN1CCCN(CCC(=O)NCCNC(=S)N[C@@H]2O[C@H](CO)[C@@H](O)[C@H](O)[C@H]2NC(C)=O)CCN(CCC(=O)NCCNC(=S)N[C@@H]2O[C@H](CO)[C@@H](O)[C@H](O)[C@H]2NC(C)=O)CCCN(CCC(=O)NCCNC(=S)N[C@@H]2O[C@H](CO)[C@@H](O)[C@H](O)[C@H]2NC(C)=O)CC1. The Morgan fingerprint density at radius 2 is 0.474 bits per heavy atom. The number of carbonyl (C=O) groups excluding carboxylic acids is 8. The van der Waals surface area contributed by atoms with E-state index in [1.165, 1.54) is 27.7 Å². The van der Waals surface area contributed by atoms with Crippen molar-refractivity contribution in [2.45, 2.75) is 189 Å². The third-order valence-electron chi connectivity index (χ3n) is 19.2. The van der Waals surface area contributed by atoms with Crippen LogP contribution in [0, 0.1) is 0 Å². The standard InChI is InChI=1S/C66H120N20O24S4/c1-35(91)75-47-55(103)51(99)39(31-87)107-59(47)79-63(111)71-15-11-67-43(95)7-23-83-19-5-20-85(25-9-45(97)69-13-17-73-65(113)81-61-49(77-37(3)93)57(105)53(101)41(33-89)109-61)29-30-86(26-10-46(98)70-14-18-74-66(114)82-62-50(78-38(4)94)58(106)54(102)42(34-90)110-62)22-6-21-84(28-27-83)24-8-44(96)68-12-16-72-64(112)80-60-48(76-36(2)92)56(104)52(100)40(32-88)108-60/h39-42,47-62,87-90,99-106H,5-34H2,1-4H3,(H,67,95)(H,68,96)(H,69,97)(H,70,98)(H,75,91)(H,76,92)(H,77,93)(H,78,94)(H2,71,79,111)(H2,72,80,112)(H2,73,81,113)(H2,74,82,114)/t39-,40-,41-,42-,47-,48-,49-,50-,51-,52-,53-,54-,55-,56-,57-,58-,59-,60-,61-,62-/m1/s1. The van der Waals surface area contributed by atoms with Gasteiger partial charge in [0.05, 0.1) is 26.4 Å². The summed E-state index contributed by atoms with van der Waals surface area (Å²) in [4.78, 5) is 111. The van der Waals surface area contributed by atoms with E-state index in [2.05, 4.69) is 105 Å². The fourth-order valence-corrected chi connectivity index (χ4v) is 14.0. The van der Waals surface area contributed by atoms with Crippen molar-refractivity contribution in [2.75, 3.05) is 157 Å². The van der Waals surface area contributed by atoms with Gasteiger partial charge in [-0.05, 0) is 87.9 Å². The minimum atomic E-state index is -1.51. The number of hydrogen-bond donors (Lipinski definition) is 28. The van der Waals surface area contributed by atoms with E-state index in [9.17, 15) is 99.6 Å². The molecule has 20 atom stereocenters. The summed E-state index contributed by atoms with van der Waals surface area (Å²) in [6.07, 6.45) is -20.0. The van der Waals surface area contributed by atoms with Crippen LogP contribution in [0.3, 0.4) is 0 Å². The Labute approximate surface area is 682 Å². The maximum Gasteiger partial charge on any atom is 0.221 e. The Morgan fingerprint density at radius 3 is 0.649 bits per heavy atom. The molecule has 5 heterocycles. The molecule has 0 saturated carbocycles. The van der Waals surface area contributed by atoms with E-state index < -0.39 is 172 Å². The summed E-state index contributed by atoms with van der Waals surface area (Å²) in [5.41, 5.74) is 0. The van der Waals surface area contributed by atoms with Crippen molar-refractivity contribution in [1.82, 2.24) is 105 Å². The van der Waals surface area contributed by atoms with Crippen molar-refractivity contribution >= 4 is 117 Å². The minimum Gasteiger partial charge on any atom is -0.394 e. The molecule has 8 amide bonds. The highest BCUT2D eigenvalue weighted by atomic mass is 32.1. The first-order chi connectivity index (χ1) is 54.2. The van der Waals surface area contributed by atoms with E-state index in [4.69, 9.17) is 67.8 Å². The van der Waals surface area contributed by atoms with E-state index in [1.54, 1.807) is 0 Å². The van der Waals surface area contributed by atoms with Crippen LogP contribution in [0.1, 0.15) is 66.2 Å². The first-order valence-corrected chi connectivity index (χ1v) is 39.6. The van der Waals surface area contributed by atoms with Crippen molar-refractivity contribution in [3.63, 3.8) is 0 Å². The normalized spacial score (nSPS) is 29.5. The van der Waals surface area contributed by atoms with Gasteiger partial charge in [0.15, 0.2) is 45.4 Å². The van der Waals surface area contributed by atoms with Crippen LogP contribution in [0.2, 0.25) is 0 Å². The first-order valence-electron chi connectivity index (χ1n) is 38.0. The van der Waals surface area contributed by atoms with E-state index in [1.807, 2.05) is 0 Å². The molecule has 652 valence electrons. The number of aliphatic hydroxyl groups is 12. The maximum absolute atomic E-state index is 13.6. The molecular weight excluding hydrogens is 1590 g/mol. The molecule has 5 aliphatic heterocycles. The van der Waals surface area contributed by atoms with Gasteiger partial charge < -0.3 is 185 Å². The van der Waals surface area contributed by atoms with Gasteiger partial charge in [0.1, 0.15) is 97.4 Å². The van der Waals surface area contributed by atoms with Gasteiger partial charge in [-0.2, -0.15) is 0 Å². The molecule has 28 N–H and O–H groups in total. The molecule has 0 aromatic rings. The summed E-state index contributed by atoms with van der Waals surface area (Å²) in [5.74, 6) is -3.23. The summed E-state index contributed by atoms with van der Waals surface area (Å²) < 4.78 is 22.8. The first kappa shape index (κ1) is 98.3. The third-order valence-corrected chi connectivity index (χ3v) is 20.2. The van der Waals surface area contributed by atoms with Crippen LogP contribution in [-0.2, 0) is 57.3 Å². The number of nitrogens with one attached hydrogen (secondary N) is 16. The Kier molecular flexibility index (Phi) is 44.7. The van der Waals surface area contributed by atoms with Crippen molar-refractivity contribution in [1.29, 1.82) is 0 Å². The van der Waals surface area contributed by atoms with Gasteiger partial charge in [0.2, 0.25) is 47.3 Å². The number of aliphatic hydroxyl groups excluding tert-OH is 12. The molecule has 5 rings (SSSR count). The van der Waals surface area contributed by atoms with E-state index in [-0.39, 0.29) is 122 Å². The predicted molar refractivity (Wildman–Crippen MR) is 422 cm³/mol. The lowest BCUT2D eigenvalue weighted by molar-refractivity contribution is -0.198.